The van der Waals surface area contributed by atoms with Crippen LogP contribution >= 0.6 is 11.6 Å². The van der Waals surface area contributed by atoms with E-state index in [9.17, 15) is 9.18 Å². The number of carbonyl (C=O) groups is 1. The van der Waals surface area contributed by atoms with Crippen molar-refractivity contribution in [2.45, 2.75) is 51.6 Å². The molecule has 2 atom stereocenters. The number of anilines is 1. The molecule has 3 aromatic rings. The molecule has 2 aliphatic heterocycles. The minimum absolute atomic E-state index is 0.171. The maximum absolute atomic E-state index is 13.9. The van der Waals surface area contributed by atoms with Gasteiger partial charge in [-0.2, -0.15) is 5.10 Å². The van der Waals surface area contributed by atoms with E-state index < -0.39 is 5.82 Å². The van der Waals surface area contributed by atoms with E-state index in [1.165, 1.54) is 12.1 Å². The van der Waals surface area contributed by atoms with Gasteiger partial charge in [0.25, 0.3) is 5.91 Å². The number of hydrogen-bond donors (Lipinski definition) is 1. The molecule has 7 nitrogen and oxygen atoms in total. The van der Waals surface area contributed by atoms with Crippen molar-refractivity contribution >= 4 is 29.0 Å². The maximum atomic E-state index is 13.9. The lowest BCUT2D eigenvalue weighted by Crippen LogP contribution is -2.39. The van der Waals surface area contributed by atoms with Gasteiger partial charge in [-0.1, -0.05) is 11.6 Å². The molecule has 1 amide bonds. The van der Waals surface area contributed by atoms with Crippen LogP contribution in [0.4, 0.5) is 10.2 Å². The van der Waals surface area contributed by atoms with Gasteiger partial charge in [-0.3, -0.25) is 4.79 Å². The third-order valence-electron chi connectivity index (χ3n) is 6.80. The molecular weight excluding hydrogens is 443 g/mol. The van der Waals surface area contributed by atoms with Gasteiger partial charge in [-0.25, -0.2) is 13.9 Å². The average molecular weight is 471 g/mol. The van der Waals surface area contributed by atoms with E-state index in [4.69, 9.17) is 27.4 Å². The van der Waals surface area contributed by atoms with Crippen LogP contribution in [0.3, 0.4) is 0 Å². The van der Waals surface area contributed by atoms with Crippen molar-refractivity contribution in [2.75, 3.05) is 24.5 Å². The SMILES string of the molecule is Cc1cn2nc([C@@H]3CCCCN3C(=O)c3ccc(F)c(C)c3Cl)cc2nc1N1CC[C@H](N)C1. The minimum Gasteiger partial charge on any atom is -0.355 e. The number of aryl methyl sites for hydroxylation is 1. The summed E-state index contributed by atoms with van der Waals surface area (Å²) in [5, 5.41) is 4.96. The number of likely N-dealkylation sites (tertiary alicyclic amines) is 1. The van der Waals surface area contributed by atoms with E-state index in [0.29, 0.717) is 12.1 Å². The third kappa shape index (κ3) is 3.95. The van der Waals surface area contributed by atoms with Crippen LogP contribution in [0.1, 0.15) is 58.9 Å². The second kappa shape index (κ2) is 8.57. The maximum Gasteiger partial charge on any atom is 0.255 e. The van der Waals surface area contributed by atoms with Crippen LogP contribution in [0, 0.1) is 19.7 Å². The number of halogens is 2. The van der Waals surface area contributed by atoms with E-state index in [2.05, 4.69) is 4.90 Å². The largest absolute Gasteiger partial charge is 0.355 e. The van der Waals surface area contributed by atoms with Crippen molar-refractivity contribution in [3.05, 3.63) is 57.6 Å². The number of aromatic nitrogens is 3. The fourth-order valence-corrected chi connectivity index (χ4v) is 5.18. The van der Waals surface area contributed by atoms with Crippen molar-refractivity contribution < 1.29 is 9.18 Å². The van der Waals surface area contributed by atoms with Crippen molar-refractivity contribution in [1.82, 2.24) is 19.5 Å². The predicted octanol–water partition coefficient (Wildman–Crippen LogP) is 4.04. The van der Waals surface area contributed by atoms with Gasteiger partial charge in [0.1, 0.15) is 11.6 Å². The zero-order chi connectivity index (χ0) is 23.3. The lowest BCUT2D eigenvalue weighted by molar-refractivity contribution is 0.0605. The highest BCUT2D eigenvalue weighted by Gasteiger charge is 2.32. The van der Waals surface area contributed by atoms with Gasteiger partial charge >= 0.3 is 0 Å². The van der Waals surface area contributed by atoms with Crippen LogP contribution in [0.5, 0.6) is 0 Å². The number of hydrogen-bond acceptors (Lipinski definition) is 5. The monoisotopic (exact) mass is 470 g/mol. The number of piperidine rings is 1. The number of benzene rings is 1. The highest BCUT2D eigenvalue weighted by atomic mass is 35.5. The Hall–Kier alpha value is -2.71. The van der Waals surface area contributed by atoms with Gasteiger partial charge in [-0.05, 0) is 51.7 Å². The zero-order valence-electron chi connectivity index (χ0n) is 18.9. The van der Waals surface area contributed by atoms with Crippen molar-refractivity contribution in [3.63, 3.8) is 0 Å². The topological polar surface area (TPSA) is 79.8 Å². The average Bonchev–Trinajstić information content (AvgIpc) is 3.42. The molecule has 4 heterocycles. The summed E-state index contributed by atoms with van der Waals surface area (Å²) in [5.41, 5.74) is 9.30. The number of nitrogens with two attached hydrogens (primary N) is 1. The second-order valence-electron chi connectivity index (χ2n) is 9.16. The molecule has 2 fully saturated rings. The molecule has 0 radical (unpaired) electrons. The Bertz CT molecular complexity index is 1230. The quantitative estimate of drug-likeness (QED) is 0.624. The molecular formula is C24H28ClFN6O. The first-order chi connectivity index (χ1) is 15.8. The Kier molecular flexibility index (Phi) is 5.74. The van der Waals surface area contributed by atoms with Crippen molar-refractivity contribution in [2.24, 2.45) is 5.73 Å². The molecule has 0 bridgehead atoms. The summed E-state index contributed by atoms with van der Waals surface area (Å²) in [5.74, 6) is 0.330. The van der Waals surface area contributed by atoms with Gasteiger partial charge in [-0.15, -0.1) is 0 Å². The fraction of sp³-hybridized carbons (Fsp3) is 0.458. The summed E-state index contributed by atoms with van der Waals surface area (Å²) >= 11 is 6.35. The van der Waals surface area contributed by atoms with Gasteiger partial charge in [0.2, 0.25) is 0 Å². The molecule has 0 unspecified atom stereocenters. The number of carbonyl (C=O) groups excluding carboxylic acids is 1. The zero-order valence-corrected chi connectivity index (χ0v) is 19.6. The summed E-state index contributed by atoms with van der Waals surface area (Å²) in [7, 11) is 0. The van der Waals surface area contributed by atoms with Gasteiger partial charge in [0.15, 0.2) is 5.65 Å². The molecule has 174 valence electrons. The number of fused-ring (bicyclic) bond motifs is 1. The Morgan fingerprint density at radius 3 is 2.79 bits per heavy atom. The Morgan fingerprint density at radius 1 is 1.21 bits per heavy atom. The van der Waals surface area contributed by atoms with E-state index in [1.54, 1.807) is 11.4 Å². The van der Waals surface area contributed by atoms with Gasteiger partial charge in [0.05, 0.1) is 22.3 Å². The first-order valence-corrected chi connectivity index (χ1v) is 11.8. The van der Waals surface area contributed by atoms with E-state index in [0.717, 1.165) is 61.5 Å². The fourth-order valence-electron chi connectivity index (χ4n) is 4.95. The Balaban J connectivity index is 1.48. The summed E-state index contributed by atoms with van der Waals surface area (Å²) in [4.78, 5) is 22.4. The second-order valence-corrected chi connectivity index (χ2v) is 9.54. The lowest BCUT2D eigenvalue weighted by atomic mass is 9.98. The smallest absolute Gasteiger partial charge is 0.255 e. The molecule has 1 aromatic carbocycles. The van der Waals surface area contributed by atoms with Gasteiger partial charge < -0.3 is 15.5 Å². The third-order valence-corrected chi connectivity index (χ3v) is 7.29. The highest BCUT2D eigenvalue weighted by Crippen LogP contribution is 2.34. The van der Waals surface area contributed by atoms with Crippen LogP contribution in [0.15, 0.2) is 24.4 Å². The van der Waals surface area contributed by atoms with Crippen LogP contribution in [-0.2, 0) is 0 Å². The molecule has 33 heavy (non-hydrogen) atoms. The predicted molar refractivity (Wildman–Crippen MR) is 126 cm³/mol. The number of rotatable bonds is 3. The molecule has 0 spiro atoms. The summed E-state index contributed by atoms with van der Waals surface area (Å²) in [6, 6.07) is 4.73. The standard InChI is InChI=1S/C24H28ClFN6O/c1-14-12-32-21(28-23(14)30-10-8-16(27)13-30)11-19(29-32)20-5-3-4-9-31(20)24(33)17-6-7-18(26)15(2)22(17)25/h6-7,11-12,16,20H,3-5,8-10,13,27H2,1-2H3/t16-,20-/m0/s1. The first kappa shape index (κ1) is 22.1. The van der Waals surface area contributed by atoms with Crippen molar-refractivity contribution in [3.8, 4) is 0 Å². The van der Waals surface area contributed by atoms with Crippen LogP contribution in [-0.4, -0.2) is 51.1 Å². The van der Waals surface area contributed by atoms with E-state index >= 15 is 0 Å². The molecule has 2 N–H and O–H groups in total. The number of amides is 1. The summed E-state index contributed by atoms with van der Waals surface area (Å²) < 4.78 is 15.7. The molecule has 2 saturated heterocycles. The molecule has 2 aliphatic rings. The normalized spacial score (nSPS) is 21.2. The number of nitrogens with zero attached hydrogens (tertiary/aromatic N) is 5. The molecule has 0 saturated carbocycles. The van der Waals surface area contributed by atoms with Crippen LogP contribution in [0.25, 0.3) is 5.65 Å². The molecule has 9 heteroatoms. The Labute approximate surface area is 197 Å². The van der Waals surface area contributed by atoms with E-state index in [-0.39, 0.29) is 28.6 Å². The van der Waals surface area contributed by atoms with Crippen molar-refractivity contribution in [1.29, 1.82) is 0 Å². The lowest BCUT2D eigenvalue weighted by Gasteiger charge is -2.35. The van der Waals surface area contributed by atoms with Crippen LogP contribution < -0.4 is 10.6 Å². The highest BCUT2D eigenvalue weighted by molar-refractivity contribution is 6.34. The minimum atomic E-state index is -0.414. The molecule has 2 aromatic heterocycles. The first-order valence-electron chi connectivity index (χ1n) is 11.5. The summed E-state index contributed by atoms with van der Waals surface area (Å²) in [6.07, 6.45) is 5.66. The van der Waals surface area contributed by atoms with Crippen LogP contribution in [0.2, 0.25) is 5.02 Å². The molecule has 0 aliphatic carbocycles. The molecule has 5 rings (SSSR count). The Morgan fingerprint density at radius 2 is 2.03 bits per heavy atom. The van der Waals surface area contributed by atoms with E-state index in [1.807, 2.05) is 24.1 Å². The van der Waals surface area contributed by atoms with Gasteiger partial charge in [0, 0.05) is 49.1 Å². The summed E-state index contributed by atoms with van der Waals surface area (Å²) in [6.45, 7) is 5.92.